The second kappa shape index (κ2) is 5.70. The zero-order valence-electron chi connectivity index (χ0n) is 12.5. The molecule has 0 aliphatic heterocycles. The molecule has 1 atom stereocenters. The van der Waals surface area contributed by atoms with E-state index in [0.29, 0.717) is 6.04 Å². The molecule has 5 nitrogen and oxygen atoms in total. The second-order valence-corrected chi connectivity index (χ2v) is 6.80. The molecular formula is C16H19N5S. The summed E-state index contributed by atoms with van der Waals surface area (Å²) in [6.07, 6.45) is 7.38. The van der Waals surface area contributed by atoms with Gasteiger partial charge in [-0.3, -0.25) is 9.78 Å². The fourth-order valence-electron chi connectivity index (χ4n) is 3.12. The van der Waals surface area contributed by atoms with Crippen LogP contribution in [0.1, 0.15) is 23.2 Å². The van der Waals surface area contributed by atoms with E-state index in [0.717, 1.165) is 25.1 Å². The first-order valence-electron chi connectivity index (χ1n) is 7.60. The summed E-state index contributed by atoms with van der Waals surface area (Å²) in [5, 5.41) is 17.7. The van der Waals surface area contributed by atoms with Gasteiger partial charge in [-0.1, -0.05) is 6.07 Å². The van der Waals surface area contributed by atoms with Crippen molar-refractivity contribution in [1.29, 1.82) is 0 Å². The van der Waals surface area contributed by atoms with Crippen LogP contribution in [0.5, 0.6) is 0 Å². The van der Waals surface area contributed by atoms with Gasteiger partial charge in [-0.15, -0.1) is 11.3 Å². The fraction of sp³-hybridized carbons (Fsp3) is 0.375. The van der Waals surface area contributed by atoms with Crippen LogP contribution in [0.2, 0.25) is 0 Å². The van der Waals surface area contributed by atoms with Crippen LogP contribution in [-0.4, -0.2) is 26.0 Å². The Morgan fingerprint density at radius 1 is 1.50 bits per heavy atom. The minimum absolute atomic E-state index is 0.504. The van der Waals surface area contributed by atoms with Crippen LogP contribution >= 0.6 is 11.3 Å². The summed E-state index contributed by atoms with van der Waals surface area (Å²) in [7, 11) is 1.98. The Morgan fingerprint density at radius 3 is 3.32 bits per heavy atom. The summed E-state index contributed by atoms with van der Waals surface area (Å²) in [5.41, 5.74) is 5.02. The van der Waals surface area contributed by atoms with Gasteiger partial charge in [0, 0.05) is 43.5 Å². The molecule has 0 bridgehead atoms. The number of aryl methyl sites for hydroxylation is 2. The van der Waals surface area contributed by atoms with Crippen LogP contribution in [0.15, 0.2) is 29.9 Å². The molecule has 22 heavy (non-hydrogen) atoms. The molecule has 0 fully saturated rings. The van der Waals surface area contributed by atoms with E-state index >= 15 is 0 Å². The minimum atomic E-state index is 0.504. The van der Waals surface area contributed by atoms with E-state index in [9.17, 15) is 0 Å². The molecule has 3 heterocycles. The number of aromatic nitrogens is 4. The largest absolute Gasteiger partial charge is 0.309 e. The lowest BCUT2D eigenvalue weighted by Gasteiger charge is -2.22. The average Bonchev–Trinajstić information content (AvgIpc) is 3.24. The molecule has 3 aromatic heterocycles. The molecule has 1 aliphatic rings. The maximum atomic E-state index is 4.62. The molecule has 6 heteroatoms. The van der Waals surface area contributed by atoms with E-state index in [4.69, 9.17) is 0 Å². The summed E-state index contributed by atoms with van der Waals surface area (Å²) >= 11 is 1.74. The van der Waals surface area contributed by atoms with Crippen LogP contribution in [0.25, 0.3) is 10.6 Å². The number of hydrogen-bond acceptors (Lipinski definition) is 4. The van der Waals surface area contributed by atoms with E-state index < -0.39 is 0 Å². The highest BCUT2D eigenvalue weighted by molar-refractivity contribution is 7.13. The third kappa shape index (κ3) is 2.60. The van der Waals surface area contributed by atoms with Gasteiger partial charge in [0.05, 0.1) is 11.1 Å². The van der Waals surface area contributed by atoms with Gasteiger partial charge < -0.3 is 5.32 Å². The van der Waals surface area contributed by atoms with E-state index in [-0.39, 0.29) is 0 Å². The van der Waals surface area contributed by atoms with Gasteiger partial charge in [0.2, 0.25) is 0 Å². The molecule has 0 radical (unpaired) electrons. The van der Waals surface area contributed by atoms with Crippen LogP contribution < -0.4 is 5.32 Å². The van der Waals surface area contributed by atoms with Crippen LogP contribution in [0.3, 0.4) is 0 Å². The third-order valence-electron chi connectivity index (χ3n) is 4.26. The smallest absolute Gasteiger partial charge is 0.107 e. The van der Waals surface area contributed by atoms with Crippen molar-refractivity contribution in [3.63, 3.8) is 0 Å². The first-order chi connectivity index (χ1) is 10.8. The molecule has 114 valence electrons. The maximum Gasteiger partial charge on any atom is 0.107 e. The normalized spacial score (nSPS) is 17.6. The van der Waals surface area contributed by atoms with E-state index in [2.05, 4.69) is 44.3 Å². The number of nitrogens with zero attached hydrogens (tertiary/aromatic N) is 3. The lowest BCUT2D eigenvalue weighted by Crippen LogP contribution is -2.34. The average molecular weight is 313 g/mol. The molecule has 1 unspecified atom stereocenters. The first kappa shape index (κ1) is 13.7. The number of aromatic amines is 1. The molecule has 0 aromatic carbocycles. The van der Waals surface area contributed by atoms with Crippen LogP contribution in [-0.2, 0) is 26.4 Å². The number of H-pyrrole nitrogens is 1. The van der Waals surface area contributed by atoms with E-state index in [1.807, 2.05) is 17.9 Å². The SMILES string of the molecule is Cn1cc(CNC2CCc3cn[nH]c3C2)c(-c2cccs2)n1. The van der Waals surface area contributed by atoms with Crippen molar-refractivity contribution >= 4 is 11.3 Å². The highest BCUT2D eigenvalue weighted by Crippen LogP contribution is 2.27. The summed E-state index contributed by atoms with van der Waals surface area (Å²) in [6, 6.07) is 4.71. The monoisotopic (exact) mass is 313 g/mol. The van der Waals surface area contributed by atoms with E-state index in [1.54, 1.807) is 11.3 Å². The lowest BCUT2D eigenvalue weighted by atomic mass is 9.93. The standard InChI is InChI=1S/C16H19N5S/c1-21-10-12(16(20-21)15-3-2-6-22-15)8-17-13-5-4-11-9-18-19-14(11)7-13/h2-3,6,9-10,13,17H,4-5,7-8H2,1H3,(H,18,19). The Bertz CT molecular complexity index is 755. The van der Waals surface area contributed by atoms with Gasteiger partial charge in [-0.2, -0.15) is 10.2 Å². The predicted molar refractivity (Wildman–Crippen MR) is 87.8 cm³/mol. The Hall–Kier alpha value is -1.92. The Balaban J connectivity index is 1.47. The maximum absolute atomic E-state index is 4.62. The predicted octanol–water partition coefficient (Wildman–Crippen LogP) is 2.52. The third-order valence-corrected chi connectivity index (χ3v) is 5.14. The van der Waals surface area contributed by atoms with Crippen molar-refractivity contribution in [2.45, 2.75) is 31.8 Å². The van der Waals surface area contributed by atoms with Gasteiger partial charge in [0.25, 0.3) is 0 Å². The molecule has 4 rings (SSSR count). The second-order valence-electron chi connectivity index (χ2n) is 5.85. The number of thiophene rings is 1. The molecule has 1 aliphatic carbocycles. The molecule has 3 aromatic rings. The lowest BCUT2D eigenvalue weighted by molar-refractivity contribution is 0.454. The zero-order valence-corrected chi connectivity index (χ0v) is 13.4. The number of fused-ring (bicyclic) bond motifs is 1. The van der Waals surface area contributed by atoms with Crippen molar-refractivity contribution in [2.75, 3.05) is 0 Å². The molecule has 0 amide bonds. The van der Waals surface area contributed by atoms with Crippen molar-refractivity contribution in [3.8, 4) is 10.6 Å². The molecular weight excluding hydrogens is 294 g/mol. The van der Waals surface area contributed by atoms with Gasteiger partial charge in [0.1, 0.15) is 5.69 Å². The number of nitrogens with one attached hydrogen (secondary N) is 2. The summed E-state index contributed by atoms with van der Waals surface area (Å²) in [5.74, 6) is 0. The molecule has 0 saturated carbocycles. The molecule has 2 N–H and O–H groups in total. The summed E-state index contributed by atoms with van der Waals surface area (Å²) in [6.45, 7) is 0.856. The minimum Gasteiger partial charge on any atom is -0.309 e. The first-order valence-corrected chi connectivity index (χ1v) is 8.48. The van der Waals surface area contributed by atoms with Crippen molar-refractivity contribution < 1.29 is 0 Å². The number of rotatable bonds is 4. The van der Waals surface area contributed by atoms with Gasteiger partial charge >= 0.3 is 0 Å². The highest BCUT2D eigenvalue weighted by atomic mass is 32.1. The fourth-order valence-corrected chi connectivity index (χ4v) is 3.87. The molecule has 0 spiro atoms. The van der Waals surface area contributed by atoms with E-state index in [1.165, 1.54) is 28.1 Å². The molecule has 0 saturated heterocycles. The summed E-state index contributed by atoms with van der Waals surface area (Å²) < 4.78 is 1.90. The van der Waals surface area contributed by atoms with Crippen molar-refractivity contribution in [3.05, 3.63) is 46.7 Å². The van der Waals surface area contributed by atoms with Gasteiger partial charge in [-0.25, -0.2) is 0 Å². The Kier molecular flexibility index (Phi) is 3.56. The topological polar surface area (TPSA) is 58.5 Å². The van der Waals surface area contributed by atoms with Crippen LogP contribution in [0, 0.1) is 0 Å². The van der Waals surface area contributed by atoms with Gasteiger partial charge in [0.15, 0.2) is 0 Å². The van der Waals surface area contributed by atoms with Crippen molar-refractivity contribution in [2.24, 2.45) is 7.05 Å². The summed E-state index contributed by atoms with van der Waals surface area (Å²) in [4.78, 5) is 1.23. The van der Waals surface area contributed by atoms with Gasteiger partial charge in [-0.05, 0) is 29.9 Å². The van der Waals surface area contributed by atoms with Crippen LogP contribution in [0.4, 0.5) is 0 Å². The quantitative estimate of drug-likeness (QED) is 0.778. The Labute approximate surface area is 133 Å². The Morgan fingerprint density at radius 2 is 2.45 bits per heavy atom. The van der Waals surface area contributed by atoms with Crippen molar-refractivity contribution in [1.82, 2.24) is 25.3 Å². The zero-order chi connectivity index (χ0) is 14.9. The highest BCUT2D eigenvalue weighted by Gasteiger charge is 2.20. The number of hydrogen-bond donors (Lipinski definition) is 2.